The average molecular weight is 315 g/mol. The van der Waals surface area contributed by atoms with Crippen LogP contribution in [0.3, 0.4) is 0 Å². The lowest BCUT2D eigenvalue weighted by atomic mass is 9.86. The van der Waals surface area contributed by atoms with E-state index >= 15 is 0 Å². The summed E-state index contributed by atoms with van der Waals surface area (Å²) in [6, 6.07) is 5.51. The molecule has 0 aliphatic carbocycles. The Morgan fingerprint density at radius 2 is 2.17 bits per heavy atom. The summed E-state index contributed by atoms with van der Waals surface area (Å²) in [6.07, 6.45) is 1.16. The smallest absolute Gasteiger partial charge is 0.270 e. The average Bonchev–Trinajstić information content (AvgIpc) is 3.10. The van der Waals surface area contributed by atoms with Crippen LogP contribution in [0.2, 0.25) is 0 Å². The summed E-state index contributed by atoms with van der Waals surface area (Å²) in [7, 11) is 0. The number of ether oxygens (including phenoxy) is 1. The Bertz CT molecular complexity index is 779. The van der Waals surface area contributed by atoms with Gasteiger partial charge in [0.25, 0.3) is 11.8 Å². The van der Waals surface area contributed by atoms with E-state index < -0.39 is 5.91 Å². The molecule has 1 aromatic carbocycles. The van der Waals surface area contributed by atoms with Gasteiger partial charge in [-0.05, 0) is 6.07 Å². The van der Waals surface area contributed by atoms with Crippen LogP contribution >= 0.6 is 0 Å². The molecule has 1 aromatic heterocycles. The molecule has 7 heteroatoms. The summed E-state index contributed by atoms with van der Waals surface area (Å²) in [6.45, 7) is 4.73. The van der Waals surface area contributed by atoms with Crippen LogP contribution in [0, 0.1) is 0 Å². The monoisotopic (exact) mass is 315 g/mol. The summed E-state index contributed by atoms with van der Waals surface area (Å²) in [5.41, 5.74) is 6.48. The number of amides is 2. The maximum absolute atomic E-state index is 12.4. The summed E-state index contributed by atoms with van der Waals surface area (Å²) < 4.78 is 10.8. The number of fused-ring (bicyclic) bond motifs is 1. The number of benzene rings is 1. The minimum absolute atomic E-state index is 0.0277. The van der Waals surface area contributed by atoms with Crippen molar-refractivity contribution < 1.29 is 18.7 Å². The fourth-order valence-electron chi connectivity index (χ4n) is 2.49. The Balaban J connectivity index is 1.74. The molecule has 1 aliphatic rings. The van der Waals surface area contributed by atoms with E-state index in [1.165, 1.54) is 0 Å². The molecule has 0 bridgehead atoms. The number of nitrogens with zero attached hydrogens (tertiary/aromatic N) is 1. The fraction of sp³-hybridized carbons (Fsp3) is 0.312. The Kier molecular flexibility index (Phi) is 3.55. The molecule has 2 heterocycles. The van der Waals surface area contributed by atoms with Gasteiger partial charge in [-0.2, -0.15) is 0 Å². The summed E-state index contributed by atoms with van der Waals surface area (Å²) in [5, 5.41) is 2.70. The molecular weight excluding hydrogens is 298 g/mol. The minimum atomic E-state index is -0.678. The number of para-hydroxylation sites is 1. The van der Waals surface area contributed by atoms with Gasteiger partial charge in [0, 0.05) is 11.0 Å². The third-order valence-corrected chi connectivity index (χ3v) is 3.77. The van der Waals surface area contributed by atoms with E-state index in [1.807, 2.05) is 12.1 Å². The molecule has 0 atom stereocenters. The zero-order chi connectivity index (χ0) is 16.6. The second-order valence-corrected chi connectivity index (χ2v) is 6.03. The number of aromatic nitrogens is 1. The van der Waals surface area contributed by atoms with Gasteiger partial charge < -0.3 is 20.2 Å². The molecule has 23 heavy (non-hydrogen) atoms. The molecule has 2 aromatic rings. The highest BCUT2D eigenvalue weighted by Crippen LogP contribution is 2.40. The Labute approximate surface area is 132 Å². The van der Waals surface area contributed by atoms with Gasteiger partial charge in [0.15, 0.2) is 5.69 Å². The number of nitrogens with two attached hydrogens (primary N) is 1. The molecule has 7 nitrogen and oxygen atoms in total. The number of primary amides is 1. The van der Waals surface area contributed by atoms with E-state index in [0.29, 0.717) is 17.9 Å². The number of carbonyl (C=O) groups excluding carboxylic acids is 2. The molecule has 3 N–H and O–H groups in total. The zero-order valence-corrected chi connectivity index (χ0v) is 12.9. The lowest BCUT2D eigenvalue weighted by Crippen LogP contribution is -2.23. The van der Waals surface area contributed by atoms with Gasteiger partial charge >= 0.3 is 0 Å². The van der Waals surface area contributed by atoms with E-state index in [2.05, 4.69) is 24.1 Å². The van der Waals surface area contributed by atoms with Crippen LogP contribution < -0.4 is 15.8 Å². The largest absolute Gasteiger partial charge is 0.492 e. The SMILES string of the molecule is CC1(C)COc2c(C(=O)NCc3nc(C(N)=O)co3)cccc21. The maximum atomic E-state index is 12.4. The van der Waals surface area contributed by atoms with E-state index in [-0.39, 0.29) is 29.5 Å². The van der Waals surface area contributed by atoms with Crippen LogP contribution in [0.1, 0.15) is 46.1 Å². The maximum Gasteiger partial charge on any atom is 0.270 e. The van der Waals surface area contributed by atoms with Gasteiger partial charge in [-0.3, -0.25) is 9.59 Å². The molecular formula is C16H17N3O4. The van der Waals surface area contributed by atoms with E-state index in [9.17, 15) is 9.59 Å². The Hall–Kier alpha value is -2.83. The highest BCUT2D eigenvalue weighted by atomic mass is 16.5. The van der Waals surface area contributed by atoms with Gasteiger partial charge in [-0.15, -0.1) is 0 Å². The molecule has 0 spiro atoms. The normalized spacial score (nSPS) is 14.9. The Morgan fingerprint density at radius 3 is 2.87 bits per heavy atom. The van der Waals surface area contributed by atoms with Crippen molar-refractivity contribution >= 4 is 11.8 Å². The molecule has 120 valence electrons. The third kappa shape index (κ3) is 2.77. The first-order chi connectivity index (χ1) is 10.9. The number of nitrogens with one attached hydrogen (secondary N) is 1. The number of oxazole rings is 1. The number of hydrogen-bond acceptors (Lipinski definition) is 5. The fourth-order valence-corrected chi connectivity index (χ4v) is 2.49. The van der Waals surface area contributed by atoms with Crippen molar-refractivity contribution in [1.29, 1.82) is 0 Å². The molecule has 1 aliphatic heterocycles. The van der Waals surface area contributed by atoms with Crippen molar-refractivity contribution in [2.24, 2.45) is 5.73 Å². The second-order valence-electron chi connectivity index (χ2n) is 6.03. The van der Waals surface area contributed by atoms with Crippen LogP contribution in [0.5, 0.6) is 5.75 Å². The van der Waals surface area contributed by atoms with E-state index in [1.54, 1.807) is 6.07 Å². The molecule has 0 unspecified atom stereocenters. The summed E-state index contributed by atoms with van der Waals surface area (Å²) in [4.78, 5) is 27.2. The van der Waals surface area contributed by atoms with Crippen molar-refractivity contribution in [1.82, 2.24) is 10.3 Å². The van der Waals surface area contributed by atoms with Crippen molar-refractivity contribution in [3.05, 3.63) is 47.2 Å². The first kappa shape index (κ1) is 15.1. The number of carbonyl (C=O) groups is 2. The lowest BCUT2D eigenvalue weighted by Gasteiger charge is -2.15. The van der Waals surface area contributed by atoms with Gasteiger partial charge in [-0.1, -0.05) is 26.0 Å². The Morgan fingerprint density at radius 1 is 1.39 bits per heavy atom. The van der Waals surface area contributed by atoms with Crippen LogP contribution in [-0.4, -0.2) is 23.4 Å². The van der Waals surface area contributed by atoms with Crippen molar-refractivity contribution in [3.63, 3.8) is 0 Å². The van der Waals surface area contributed by atoms with E-state index in [0.717, 1.165) is 11.8 Å². The molecule has 0 saturated heterocycles. The van der Waals surface area contributed by atoms with Crippen LogP contribution in [0.25, 0.3) is 0 Å². The molecule has 3 rings (SSSR count). The summed E-state index contributed by atoms with van der Waals surface area (Å²) in [5.74, 6) is -0.151. The standard InChI is InChI=1S/C16H17N3O4/c1-16(2)8-23-13-9(4-3-5-10(13)16)15(21)18-6-12-19-11(7-22-12)14(17)20/h3-5,7H,6,8H2,1-2H3,(H2,17,20)(H,18,21). The van der Waals surface area contributed by atoms with Gasteiger partial charge in [0.1, 0.15) is 12.0 Å². The first-order valence-electron chi connectivity index (χ1n) is 7.17. The van der Waals surface area contributed by atoms with Crippen LogP contribution in [0.4, 0.5) is 0 Å². The van der Waals surface area contributed by atoms with Crippen LogP contribution in [-0.2, 0) is 12.0 Å². The minimum Gasteiger partial charge on any atom is -0.492 e. The van der Waals surface area contributed by atoms with Gasteiger partial charge in [0.05, 0.1) is 18.7 Å². The first-order valence-corrected chi connectivity index (χ1v) is 7.17. The second kappa shape index (κ2) is 5.42. The van der Waals surface area contributed by atoms with Crippen molar-refractivity contribution in [2.45, 2.75) is 25.8 Å². The molecule has 0 fully saturated rings. The van der Waals surface area contributed by atoms with Crippen LogP contribution in [0.15, 0.2) is 28.9 Å². The van der Waals surface area contributed by atoms with Crippen molar-refractivity contribution in [3.8, 4) is 5.75 Å². The quantitative estimate of drug-likeness (QED) is 0.886. The van der Waals surface area contributed by atoms with E-state index in [4.69, 9.17) is 14.9 Å². The predicted molar refractivity (Wildman–Crippen MR) is 81.2 cm³/mol. The highest BCUT2D eigenvalue weighted by molar-refractivity contribution is 5.97. The zero-order valence-electron chi connectivity index (χ0n) is 12.9. The molecule has 0 saturated carbocycles. The summed E-state index contributed by atoms with van der Waals surface area (Å²) >= 11 is 0. The lowest BCUT2D eigenvalue weighted by molar-refractivity contribution is 0.0943. The van der Waals surface area contributed by atoms with Gasteiger partial charge in [-0.25, -0.2) is 4.98 Å². The molecule has 2 amide bonds. The molecule has 0 radical (unpaired) electrons. The number of hydrogen-bond donors (Lipinski definition) is 2. The topological polar surface area (TPSA) is 107 Å². The third-order valence-electron chi connectivity index (χ3n) is 3.77. The predicted octanol–water partition coefficient (Wildman–Crippen LogP) is 1.37. The van der Waals surface area contributed by atoms with Gasteiger partial charge in [0.2, 0.25) is 5.89 Å². The van der Waals surface area contributed by atoms with Crippen molar-refractivity contribution in [2.75, 3.05) is 6.61 Å². The number of rotatable bonds is 4. The highest BCUT2D eigenvalue weighted by Gasteiger charge is 2.34.